The second-order valence-electron chi connectivity index (χ2n) is 4.46. The summed E-state index contributed by atoms with van der Waals surface area (Å²) in [5, 5.41) is 17.1. The first-order chi connectivity index (χ1) is 9.33. The van der Waals surface area contributed by atoms with Gasteiger partial charge in [-0.05, 0) is 47.7 Å². The summed E-state index contributed by atoms with van der Waals surface area (Å²) in [5.41, 5.74) is 1.47. The number of carbonyl (C=O) groups excluding carboxylic acids is 1. The molecular weight excluding hydrogens is 244 g/mol. The van der Waals surface area contributed by atoms with Crippen LogP contribution in [0.5, 0.6) is 0 Å². The number of hydrogen-bond donors (Lipinski definition) is 2. The second-order valence-corrected chi connectivity index (χ2v) is 4.46. The topological polar surface area (TPSA) is 84.7 Å². The lowest BCUT2D eigenvalue weighted by atomic mass is 10.1. The molecule has 0 bridgehead atoms. The van der Waals surface area contributed by atoms with E-state index >= 15 is 0 Å². The van der Waals surface area contributed by atoms with Crippen LogP contribution in [0.1, 0.15) is 16.8 Å². The van der Waals surface area contributed by atoms with Gasteiger partial charge in [-0.15, -0.1) is 5.10 Å². The quantitative estimate of drug-likeness (QED) is 0.793. The van der Waals surface area contributed by atoms with Crippen LogP contribution in [0.3, 0.4) is 0 Å². The van der Waals surface area contributed by atoms with Crippen molar-refractivity contribution in [2.75, 3.05) is 13.1 Å². The number of nitrogens with one attached hydrogen (secondary N) is 2. The Balaban J connectivity index is 1.69. The predicted molar refractivity (Wildman–Crippen MR) is 67.9 cm³/mol. The maximum Gasteiger partial charge on any atom is 0.251 e. The zero-order valence-corrected chi connectivity index (χ0v) is 10.3. The highest BCUT2D eigenvalue weighted by molar-refractivity contribution is 5.94. The van der Waals surface area contributed by atoms with Crippen LogP contribution < -0.4 is 10.6 Å². The number of aromatic nitrogens is 4. The molecule has 98 valence electrons. The van der Waals surface area contributed by atoms with Gasteiger partial charge < -0.3 is 10.6 Å². The van der Waals surface area contributed by atoms with E-state index < -0.39 is 0 Å². The zero-order valence-electron chi connectivity index (χ0n) is 10.3. The molecule has 1 fully saturated rings. The summed E-state index contributed by atoms with van der Waals surface area (Å²) in [5.74, 6) is -0.0445. The van der Waals surface area contributed by atoms with Crippen LogP contribution >= 0.6 is 0 Å². The Kier molecular flexibility index (Phi) is 3.20. The molecule has 2 heterocycles. The largest absolute Gasteiger partial charge is 0.348 e. The van der Waals surface area contributed by atoms with Crippen LogP contribution in [0.4, 0.5) is 0 Å². The van der Waals surface area contributed by atoms with Crippen molar-refractivity contribution in [3.05, 3.63) is 36.2 Å². The number of tetrazole rings is 1. The molecule has 0 aliphatic carbocycles. The van der Waals surface area contributed by atoms with Crippen LogP contribution in [0.25, 0.3) is 5.69 Å². The lowest BCUT2D eigenvalue weighted by molar-refractivity contribution is 0.0940. The van der Waals surface area contributed by atoms with Gasteiger partial charge in [0.1, 0.15) is 6.33 Å². The highest BCUT2D eigenvalue weighted by Crippen LogP contribution is 2.08. The van der Waals surface area contributed by atoms with E-state index in [1.54, 1.807) is 16.8 Å². The van der Waals surface area contributed by atoms with Gasteiger partial charge in [0.05, 0.1) is 5.69 Å². The van der Waals surface area contributed by atoms with Gasteiger partial charge in [0.25, 0.3) is 5.91 Å². The van der Waals surface area contributed by atoms with Gasteiger partial charge in [-0.2, -0.15) is 0 Å². The summed E-state index contributed by atoms with van der Waals surface area (Å²) in [6.07, 6.45) is 2.49. The van der Waals surface area contributed by atoms with Crippen molar-refractivity contribution in [3.8, 4) is 5.69 Å². The van der Waals surface area contributed by atoms with Crippen molar-refractivity contribution in [3.63, 3.8) is 0 Å². The van der Waals surface area contributed by atoms with Crippen molar-refractivity contribution in [1.29, 1.82) is 0 Å². The first kappa shape index (κ1) is 11.8. The summed E-state index contributed by atoms with van der Waals surface area (Å²) in [4.78, 5) is 12.0. The minimum absolute atomic E-state index is 0.0445. The van der Waals surface area contributed by atoms with Crippen LogP contribution in [-0.4, -0.2) is 45.2 Å². The van der Waals surface area contributed by atoms with E-state index in [9.17, 15) is 4.79 Å². The van der Waals surface area contributed by atoms with Gasteiger partial charge in [0.2, 0.25) is 0 Å². The fourth-order valence-electron chi connectivity index (χ4n) is 2.09. The molecule has 0 radical (unpaired) electrons. The summed E-state index contributed by atoms with van der Waals surface area (Å²) in [6.45, 7) is 1.80. The number of hydrogen-bond acceptors (Lipinski definition) is 5. The highest BCUT2D eigenvalue weighted by Gasteiger charge is 2.17. The Morgan fingerprint density at radius 3 is 2.84 bits per heavy atom. The molecule has 7 nitrogen and oxygen atoms in total. The maximum atomic E-state index is 12.0. The summed E-state index contributed by atoms with van der Waals surface area (Å²) >= 11 is 0. The molecule has 1 amide bonds. The molecule has 2 aromatic rings. The molecule has 0 saturated carbocycles. The molecule has 1 atom stereocenters. The van der Waals surface area contributed by atoms with Crippen LogP contribution in [-0.2, 0) is 0 Å². The molecule has 1 unspecified atom stereocenters. The molecule has 1 aliphatic rings. The molecular formula is C12H14N6O. The summed E-state index contributed by atoms with van der Waals surface area (Å²) < 4.78 is 1.54. The van der Waals surface area contributed by atoms with Gasteiger partial charge in [-0.25, -0.2) is 4.68 Å². The van der Waals surface area contributed by atoms with Gasteiger partial charge in [0, 0.05) is 18.2 Å². The Hall–Kier alpha value is -2.28. The molecule has 2 N–H and O–H groups in total. The van der Waals surface area contributed by atoms with Gasteiger partial charge in [0.15, 0.2) is 0 Å². The molecule has 3 rings (SSSR count). The minimum Gasteiger partial charge on any atom is -0.348 e. The zero-order chi connectivity index (χ0) is 13.1. The predicted octanol–water partition coefficient (Wildman–Crippen LogP) is -0.246. The Labute approximate surface area is 110 Å². The normalized spacial score (nSPS) is 18.4. The molecule has 19 heavy (non-hydrogen) atoms. The lowest BCUT2D eigenvalue weighted by Crippen LogP contribution is -2.36. The van der Waals surface area contributed by atoms with E-state index in [1.165, 1.54) is 6.33 Å². The second kappa shape index (κ2) is 5.15. The molecule has 7 heteroatoms. The fraction of sp³-hybridized carbons (Fsp3) is 0.333. The van der Waals surface area contributed by atoms with E-state index in [-0.39, 0.29) is 11.9 Å². The van der Waals surface area contributed by atoms with E-state index in [0.717, 1.165) is 25.2 Å². The molecule has 1 saturated heterocycles. The van der Waals surface area contributed by atoms with E-state index in [0.29, 0.717) is 5.56 Å². The fourth-order valence-corrected chi connectivity index (χ4v) is 2.09. The van der Waals surface area contributed by atoms with E-state index in [1.807, 2.05) is 12.1 Å². The first-order valence-electron chi connectivity index (χ1n) is 6.18. The van der Waals surface area contributed by atoms with Crippen LogP contribution in [0.15, 0.2) is 30.6 Å². The van der Waals surface area contributed by atoms with Crippen LogP contribution in [0.2, 0.25) is 0 Å². The number of rotatable bonds is 3. The standard InChI is InChI=1S/C12H14N6O/c19-12(15-10-5-6-13-7-10)9-1-3-11(4-2-9)18-8-14-16-17-18/h1-4,8,10,13H,5-7H2,(H,15,19). The van der Waals surface area contributed by atoms with Gasteiger partial charge >= 0.3 is 0 Å². The van der Waals surface area contributed by atoms with Crippen LogP contribution in [0, 0.1) is 0 Å². The van der Waals surface area contributed by atoms with Crippen molar-refractivity contribution in [2.24, 2.45) is 0 Å². The summed E-state index contributed by atoms with van der Waals surface area (Å²) in [6, 6.07) is 7.41. The van der Waals surface area contributed by atoms with Crippen molar-refractivity contribution >= 4 is 5.91 Å². The number of nitrogens with zero attached hydrogens (tertiary/aromatic N) is 4. The third kappa shape index (κ3) is 2.60. The van der Waals surface area contributed by atoms with E-state index in [2.05, 4.69) is 26.2 Å². The first-order valence-corrected chi connectivity index (χ1v) is 6.18. The SMILES string of the molecule is O=C(NC1CCNC1)c1ccc(-n2cnnn2)cc1. The van der Waals surface area contributed by atoms with E-state index in [4.69, 9.17) is 0 Å². The minimum atomic E-state index is -0.0445. The smallest absolute Gasteiger partial charge is 0.251 e. The third-order valence-corrected chi connectivity index (χ3v) is 3.14. The average molecular weight is 258 g/mol. The number of amides is 1. The third-order valence-electron chi connectivity index (χ3n) is 3.14. The average Bonchev–Trinajstić information content (AvgIpc) is 3.12. The number of benzene rings is 1. The highest BCUT2D eigenvalue weighted by atomic mass is 16.1. The number of carbonyl (C=O) groups is 1. The maximum absolute atomic E-state index is 12.0. The van der Waals surface area contributed by atoms with Crippen molar-refractivity contribution in [1.82, 2.24) is 30.8 Å². The van der Waals surface area contributed by atoms with Gasteiger partial charge in [-0.1, -0.05) is 0 Å². The Bertz CT molecular complexity index is 544. The van der Waals surface area contributed by atoms with Crippen molar-refractivity contribution < 1.29 is 4.79 Å². The Morgan fingerprint density at radius 1 is 1.37 bits per heavy atom. The molecule has 1 aliphatic heterocycles. The molecule has 0 spiro atoms. The monoisotopic (exact) mass is 258 g/mol. The van der Waals surface area contributed by atoms with Gasteiger partial charge in [-0.3, -0.25) is 4.79 Å². The van der Waals surface area contributed by atoms with Crippen molar-refractivity contribution in [2.45, 2.75) is 12.5 Å². The Morgan fingerprint density at radius 2 is 2.21 bits per heavy atom. The lowest BCUT2D eigenvalue weighted by Gasteiger charge is -2.11. The summed E-state index contributed by atoms with van der Waals surface area (Å²) in [7, 11) is 0. The molecule has 1 aromatic heterocycles. The molecule has 1 aromatic carbocycles.